The summed E-state index contributed by atoms with van der Waals surface area (Å²) in [5, 5.41) is 11.5. The van der Waals surface area contributed by atoms with E-state index in [2.05, 4.69) is 47.6 Å². The highest BCUT2D eigenvalue weighted by Gasteiger charge is 2.67. The molecule has 0 radical (unpaired) electrons. The summed E-state index contributed by atoms with van der Waals surface area (Å²) in [4.78, 5) is 69.2. The Kier molecular flexibility index (Phi) is 9.42. The van der Waals surface area contributed by atoms with Crippen molar-refractivity contribution in [1.29, 1.82) is 0 Å². The van der Waals surface area contributed by atoms with Crippen molar-refractivity contribution in [3.05, 3.63) is 52.3 Å². The molecule has 2 bridgehead atoms. The van der Waals surface area contributed by atoms with E-state index in [1.165, 1.54) is 6.92 Å². The maximum Gasteiger partial charge on any atom is 0.248 e. The molecule has 0 spiro atoms. The van der Waals surface area contributed by atoms with E-state index in [9.17, 15) is 19.2 Å². The van der Waals surface area contributed by atoms with E-state index >= 15 is 0 Å². The second-order valence-corrected chi connectivity index (χ2v) is 14.7. The van der Waals surface area contributed by atoms with Crippen LogP contribution in [0.4, 0.5) is 0 Å². The number of ether oxygens (including phenoxy) is 1. The van der Waals surface area contributed by atoms with E-state index in [4.69, 9.17) is 9.84 Å². The molecule has 1 saturated carbocycles. The third kappa shape index (κ3) is 6.74. The zero-order valence-electron chi connectivity index (χ0n) is 28.5. The van der Waals surface area contributed by atoms with Crippen LogP contribution in [0.2, 0.25) is 0 Å². The molecule has 7 rings (SSSR count). The maximum absolute atomic E-state index is 14.5. The van der Waals surface area contributed by atoms with Crippen LogP contribution in [-0.4, -0.2) is 85.8 Å². The molecule has 2 fully saturated rings. The molecular weight excluding hydrogens is 704 g/mol. The SMILES string of the molecule is COC1C=C(Br)N=C(NC(=O)[C@@H]2C[C@]34CNC(=O)CCCCCCc5cc(-c6cnc(C)nc6)cc6c(C(C)=O)nn(c56)CC(=O)N2[C@@H]3C4)C1. The predicted octanol–water partition coefficient (Wildman–Crippen LogP) is 4.16. The molecule has 262 valence electrons. The van der Waals surface area contributed by atoms with Gasteiger partial charge in [0.1, 0.15) is 34.5 Å². The van der Waals surface area contributed by atoms with Crippen molar-refractivity contribution in [2.24, 2.45) is 10.4 Å². The van der Waals surface area contributed by atoms with Gasteiger partial charge >= 0.3 is 0 Å². The Balaban J connectivity index is 1.26. The van der Waals surface area contributed by atoms with Gasteiger partial charge in [0.15, 0.2) is 5.78 Å². The number of aryl methyl sites for hydroxylation is 2. The number of hydrogen-bond donors (Lipinski definition) is 2. The van der Waals surface area contributed by atoms with Crippen LogP contribution in [0.25, 0.3) is 22.0 Å². The van der Waals surface area contributed by atoms with Crippen LogP contribution in [0.3, 0.4) is 0 Å². The number of amidine groups is 1. The van der Waals surface area contributed by atoms with E-state index in [-0.39, 0.29) is 42.2 Å². The number of nitrogens with zero attached hydrogens (tertiary/aromatic N) is 6. The monoisotopic (exact) mass is 744 g/mol. The summed E-state index contributed by atoms with van der Waals surface area (Å²) in [7, 11) is 1.59. The van der Waals surface area contributed by atoms with Crippen LogP contribution in [-0.2, 0) is 32.1 Å². The first kappa shape index (κ1) is 34.2. The van der Waals surface area contributed by atoms with Gasteiger partial charge in [-0.1, -0.05) is 12.8 Å². The number of hydrogen-bond acceptors (Lipinski definition) is 9. The van der Waals surface area contributed by atoms with Gasteiger partial charge in [-0.15, -0.1) is 0 Å². The largest absolute Gasteiger partial charge is 0.377 e. The highest BCUT2D eigenvalue weighted by atomic mass is 79.9. The van der Waals surface area contributed by atoms with E-state index in [1.54, 1.807) is 29.1 Å². The summed E-state index contributed by atoms with van der Waals surface area (Å²) in [6.45, 7) is 3.57. The first-order chi connectivity index (χ1) is 24.0. The third-order valence-electron chi connectivity index (χ3n) is 10.4. The first-order valence-corrected chi connectivity index (χ1v) is 18.0. The summed E-state index contributed by atoms with van der Waals surface area (Å²) in [6.07, 6.45) is 11.2. The number of carbonyl (C=O) groups excluding carboxylic acids is 4. The van der Waals surface area contributed by atoms with Gasteiger partial charge in [0, 0.05) is 68.2 Å². The minimum absolute atomic E-state index is 0.00875. The lowest BCUT2D eigenvalue weighted by molar-refractivity contribution is -0.139. The standard InChI is InChI=1S/C36H41BrN8O5/c1-20(46)33-26-11-23(24-16-38-21(2)39-17-24)10-22-8-6-4-5-7-9-31(47)40-19-36-14-27(35(49)42-30-13-25(50-3)12-29(37)41-30)45(28(36)15-36)32(48)18-44(43-33)34(22)26/h10-12,16-17,25,27-28H,4-9,13-15,18-19H2,1-3H3,(H,40,47)(H,41,42,49)/t25?,27-,28+,36-/m0/s1. The molecule has 1 saturated heterocycles. The Morgan fingerprint density at radius 3 is 2.56 bits per heavy atom. The molecule has 3 amide bonds. The molecule has 3 aliphatic heterocycles. The number of aromatic nitrogens is 4. The number of aliphatic imine (C=N–C) groups is 1. The summed E-state index contributed by atoms with van der Waals surface area (Å²) in [5.74, 6) is 0.294. The van der Waals surface area contributed by atoms with Gasteiger partial charge in [-0.3, -0.25) is 23.9 Å². The Morgan fingerprint density at radius 2 is 1.82 bits per heavy atom. The number of methoxy groups -OCH3 is 1. The van der Waals surface area contributed by atoms with Gasteiger partial charge in [0.05, 0.1) is 11.6 Å². The molecule has 50 heavy (non-hydrogen) atoms. The predicted molar refractivity (Wildman–Crippen MR) is 189 cm³/mol. The fourth-order valence-corrected chi connectivity index (χ4v) is 8.25. The molecule has 3 aromatic rings. The average Bonchev–Trinajstić information content (AvgIpc) is 3.49. The molecule has 13 nitrogen and oxygen atoms in total. The molecule has 14 heteroatoms. The van der Waals surface area contributed by atoms with Crippen LogP contribution in [0.1, 0.15) is 80.2 Å². The zero-order valence-corrected chi connectivity index (χ0v) is 30.1. The van der Waals surface area contributed by atoms with Crippen molar-refractivity contribution < 1.29 is 23.9 Å². The van der Waals surface area contributed by atoms with Crippen molar-refractivity contribution in [2.75, 3.05) is 13.7 Å². The van der Waals surface area contributed by atoms with Crippen LogP contribution >= 0.6 is 15.9 Å². The van der Waals surface area contributed by atoms with E-state index in [1.807, 2.05) is 19.1 Å². The normalized spacial score (nSPS) is 25.7. The van der Waals surface area contributed by atoms with Gasteiger partial charge in [-0.2, -0.15) is 5.10 Å². The zero-order chi connectivity index (χ0) is 35.2. The van der Waals surface area contributed by atoms with Crippen LogP contribution < -0.4 is 10.6 Å². The van der Waals surface area contributed by atoms with Crippen molar-refractivity contribution in [1.82, 2.24) is 35.3 Å². The molecule has 4 atom stereocenters. The number of nitrogens with one attached hydrogen (secondary N) is 2. The van der Waals surface area contributed by atoms with Gasteiger partial charge < -0.3 is 20.3 Å². The molecule has 1 aromatic carbocycles. The Bertz CT molecular complexity index is 1940. The minimum Gasteiger partial charge on any atom is -0.377 e. The number of rotatable bonds is 4. The Hall–Kier alpha value is -4.30. The fraction of sp³-hybridized carbons (Fsp3) is 0.500. The van der Waals surface area contributed by atoms with Crippen molar-refractivity contribution in [3.63, 3.8) is 0 Å². The van der Waals surface area contributed by atoms with Crippen LogP contribution in [0.5, 0.6) is 0 Å². The van der Waals surface area contributed by atoms with E-state index < -0.39 is 11.5 Å². The Labute approximate surface area is 298 Å². The maximum atomic E-state index is 14.5. The lowest BCUT2D eigenvalue weighted by atomic mass is 9.96. The lowest BCUT2D eigenvalue weighted by Crippen LogP contribution is -2.50. The molecule has 5 heterocycles. The molecule has 2 aromatic heterocycles. The Morgan fingerprint density at radius 1 is 1.06 bits per heavy atom. The smallest absolute Gasteiger partial charge is 0.248 e. The van der Waals surface area contributed by atoms with Crippen molar-refractivity contribution in [3.8, 4) is 11.1 Å². The number of ketones is 1. The highest BCUT2D eigenvalue weighted by molar-refractivity contribution is 9.11. The number of piperidine rings is 1. The van der Waals surface area contributed by atoms with Crippen LogP contribution in [0.15, 0.2) is 40.2 Å². The minimum atomic E-state index is -0.771. The van der Waals surface area contributed by atoms with E-state index in [0.717, 1.165) is 47.9 Å². The summed E-state index contributed by atoms with van der Waals surface area (Å²) < 4.78 is 7.68. The second-order valence-electron chi connectivity index (χ2n) is 13.9. The number of carbonyl (C=O) groups is 4. The summed E-state index contributed by atoms with van der Waals surface area (Å²) >= 11 is 3.40. The second kappa shape index (κ2) is 13.8. The molecule has 1 unspecified atom stereocenters. The van der Waals surface area contributed by atoms with E-state index in [0.29, 0.717) is 66.0 Å². The fourth-order valence-electron chi connectivity index (χ4n) is 7.74. The quantitative estimate of drug-likeness (QED) is 0.298. The highest BCUT2D eigenvalue weighted by Crippen LogP contribution is 2.59. The topological polar surface area (TPSA) is 161 Å². The molecule has 4 aliphatic rings. The molecule has 1 aliphatic carbocycles. The number of Topliss-reactive ketones (excluding diaryl/α,β-unsaturated/α-hetero) is 1. The van der Waals surface area contributed by atoms with Crippen molar-refractivity contribution >= 4 is 56.2 Å². The number of amides is 3. The number of halogens is 1. The van der Waals surface area contributed by atoms with Crippen molar-refractivity contribution in [2.45, 2.75) is 96.4 Å². The third-order valence-corrected chi connectivity index (χ3v) is 10.9. The van der Waals surface area contributed by atoms with Crippen LogP contribution in [0, 0.1) is 12.3 Å². The van der Waals surface area contributed by atoms with Gasteiger partial charge in [-0.05, 0) is 84.3 Å². The van der Waals surface area contributed by atoms with Gasteiger partial charge in [-0.25, -0.2) is 15.0 Å². The van der Waals surface area contributed by atoms with Gasteiger partial charge in [0.25, 0.3) is 0 Å². The molecule has 2 N–H and O–H groups in total. The van der Waals surface area contributed by atoms with Gasteiger partial charge in [0.2, 0.25) is 17.7 Å². The lowest BCUT2D eigenvalue weighted by Gasteiger charge is -2.28. The summed E-state index contributed by atoms with van der Waals surface area (Å²) in [6, 6.07) is 3.02. The summed E-state index contributed by atoms with van der Waals surface area (Å²) in [5.41, 5.74) is 3.29. The molecular formula is C36H41BrN8O5. The first-order valence-electron chi connectivity index (χ1n) is 17.2. The average molecular weight is 746 g/mol. The number of benzene rings is 1.